The Morgan fingerprint density at radius 3 is 2.44 bits per heavy atom. The molecule has 3 heteroatoms. The van der Waals surface area contributed by atoms with Gasteiger partial charge in [0.1, 0.15) is 5.82 Å². The van der Waals surface area contributed by atoms with Gasteiger partial charge in [-0.2, -0.15) is 0 Å². The summed E-state index contributed by atoms with van der Waals surface area (Å²) >= 11 is 0. The summed E-state index contributed by atoms with van der Waals surface area (Å²) < 4.78 is 12.9. The second-order valence-electron chi connectivity index (χ2n) is 6.15. The van der Waals surface area contributed by atoms with Crippen molar-refractivity contribution in [2.24, 2.45) is 5.41 Å². The Labute approximate surface area is 109 Å². The van der Waals surface area contributed by atoms with E-state index in [-0.39, 0.29) is 11.2 Å². The summed E-state index contributed by atoms with van der Waals surface area (Å²) in [5.74, 6) is -0.179. The lowest BCUT2D eigenvalue weighted by atomic mass is 9.92. The van der Waals surface area contributed by atoms with E-state index in [2.05, 4.69) is 31.1 Å². The van der Waals surface area contributed by atoms with Crippen LogP contribution in [0.1, 0.15) is 26.7 Å². The first-order chi connectivity index (χ1) is 8.46. The molecule has 2 nitrogen and oxygen atoms in total. The van der Waals surface area contributed by atoms with Gasteiger partial charge in [0.15, 0.2) is 0 Å². The van der Waals surface area contributed by atoms with E-state index in [4.69, 9.17) is 0 Å². The van der Waals surface area contributed by atoms with Crippen LogP contribution in [0, 0.1) is 11.2 Å². The molecule has 0 amide bonds. The highest BCUT2D eigenvalue weighted by Gasteiger charge is 2.26. The number of hydrogen-bond donors (Lipinski definition) is 1. The van der Waals surface area contributed by atoms with Gasteiger partial charge in [-0.3, -0.25) is 0 Å². The summed E-state index contributed by atoms with van der Waals surface area (Å²) in [7, 11) is 2.06. The van der Waals surface area contributed by atoms with Crippen LogP contribution in [0.4, 0.5) is 10.1 Å². The molecule has 0 bridgehead atoms. The van der Waals surface area contributed by atoms with Gasteiger partial charge in [0, 0.05) is 31.9 Å². The molecule has 1 N–H and O–H groups in total. The Kier molecular flexibility index (Phi) is 3.91. The summed E-state index contributed by atoms with van der Waals surface area (Å²) in [6.07, 6.45) is 2.65. The van der Waals surface area contributed by atoms with Crippen LogP contribution in [0.5, 0.6) is 0 Å². The predicted molar refractivity (Wildman–Crippen MR) is 74.5 cm³/mol. The predicted octanol–water partition coefficient (Wildman–Crippen LogP) is 3.04. The van der Waals surface area contributed by atoms with Gasteiger partial charge >= 0.3 is 0 Å². The molecule has 0 saturated heterocycles. The second kappa shape index (κ2) is 5.27. The zero-order chi connectivity index (χ0) is 13.2. The topological polar surface area (TPSA) is 15.3 Å². The van der Waals surface area contributed by atoms with Gasteiger partial charge in [-0.15, -0.1) is 0 Å². The van der Waals surface area contributed by atoms with E-state index >= 15 is 0 Å². The maximum atomic E-state index is 12.9. The van der Waals surface area contributed by atoms with Crippen molar-refractivity contribution < 1.29 is 4.39 Å². The standard InChI is InChI=1S/C15H23FN2/c1-15(2,10-17-13-6-7-13)11-18(3)14-8-4-12(16)5-9-14/h4-5,8-9,13,17H,6-7,10-11H2,1-3H3. The summed E-state index contributed by atoms with van der Waals surface area (Å²) in [6.45, 7) is 6.52. The van der Waals surface area contributed by atoms with Crippen molar-refractivity contribution in [1.82, 2.24) is 5.32 Å². The van der Waals surface area contributed by atoms with Crippen LogP contribution < -0.4 is 10.2 Å². The minimum atomic E-state index is -0.179. The highest BCUT2D eigenvalue weighted by molar-refractivity contribution is 5.45. The first kappa shape index (κ1) is 13.3. The maximum absolute atomic E-state index is 12.9. The van der Waals surface area contributed by atoms with Crippen molar-refractivity contribution in [3.8, 4) is 0 Å². The van der Waals surface area contributed by atoms with Gasteiger partial charge in [0.05, 0.1) is 0 Å². The van der Waals surface area contributed by atoms with E-state index in [9.17, 15) is 4.39 Å². The van der Waals surface area contributed by atoms with Crippen LogP contribution in [0.3, 0.4) is 0 Å². The van der Waals surface area contributed by atoms with Crippen molar-refractivity contribution in [2.75, 3.05) is 25.0 Å². The van der Waals surface area contributed by atoms with Crippen LogP contribution >= 0.6 is 0 Å². The zero-order valence-corrected chi connectivity index (χ0v) is 11.5. The lowest BCUT2D eigenvalue weighted by Crippen LogP contribution is -2.39. The quantitative estimate of drug-likeness (QED) is 0.835. The number of nitrogens with one attached hydrogen (secondary N) is 1. The molecule has 1 aliphatic carbocycles. The SMILES string of the molecule is CN(CC(C)(C)CNC1CC1)c1ccc(F)cc1. The fourth-order valence-corrected chi connectivity index (χ4v) is 2.19. The van der Waals surface area contributed by atoms with E-state index in [1.54, 1.807) is 0 Å². The first-order valence-electron chi connectivity index (χ1n) is 6.66. The molecule has 2 rings (SSSR count). The Bertz CT molecular complexity index is 382. The Balaban J connectivity index is 1.87. The number of benzene rings is 1. The van der Waals surface area contributed by atoms with Gasteiger partial charge in [-0.05, 0) is 42.5 Å². The largest absolute Gasteiger partial charge is 0.374 e. The van der Waals surface area contributed by atoms with Crippen LogP contribution in [-0.2, 0) is 0 Å². The molecular formula is C15H23FN2. The molecule has 1 aromatic carbocycles. The fraction of sp³-hybridized carbons (Fsp3) is 0.600. The molecule has 0 aromatic heterocycles. The monoisotopic (exact) mass is 250 g/mol. The summed E-state index contributed by atoms with van der Waals surface area (Å²) in [5.41, 5.74) is 1.28. The molecule has 0 unspecified atom stereocenters. The summed E-state index contributed by atoms with van der Waals surface area (Å²) in [5, 5.41) is 3.58. The normalized spacial score (nSPS) is 15.8. The van der Waals surface area contributed by atoms with Crippen molar-refractivity contribution in [2.45, 2.75) is 32.7 Å². The van der Waals surface area contributed by atoms with Crippen LogP contribution in [0.2, 0.25) is 0 Å². The van der Waals surface area contributed by atoms with E-state index in [0.717, 1.165) is 24.8 Å². The van der Waals surface area contributed by atoms with Gasteiger partial charge in [-0.25, -0.2) is 4.39 Å². The van der Waals surface area contributed by atoms with Crippen molar-refractivity contribution >= 4 is 5.69 Å². The number of rotatable bonds is 6. The van der Waals surface area contributed by atoms with E-state index < -0.39 is 0 Å². The van der Waals surface area contributed by atoms with Crippen LogP contribution in [0.25, 0.3) is 0 Å². The van der Waals surface area contributed by atoms with Gasteiger partial charge < -0.3 is 10.2 Å². The van der Waals surface area contributed by atoms with Crippen LogP contribution in [-0.4, -0.2) is 26.2 Å². The molecule has 0 atom stereocenters. The van der Waals surface area contributed by atoms with Gasteiger partial charge in [-0.1, -0.05) is 13.8 Å². The third-order valence-electron chi connectivity index (χ3n) is 3.38. The van der Waals surface area contributed by atoms with E-state index in [0.29, 0.717) is 0 Å². The highest BCUT2D eigenvalue weighted by Crippen LogP contribution is 2.24. The molecule has 0 aliphatic heterocycles. The number of hydrogen-bond acceptors (Lipinski definition) is 2. The number of anilines is 1. The highest BCUT2D eigenvalue weighted by atomic mass is 19.1. The molecule has 0 spiro atoms. The molecular weight excluding hydrogens is 227 g/mol. The summed E-state index contributed by atoms with van der Waals surface area (Å²) in [4.78, 5) is 2.19. The number of halogens is 1. The van der Waals surface area contributed by atoms with E-state index in [1.165, 1.54) is 25.0 Å². The lowest BCUT2D eigenvalue weighted by Gasteiger charge is -2.32. The lowest BCUT2D eigenvalue weighted by molar-refractivity contribution is 0.345. The Hall–Kier alpha value is -1.09. The second-order valence-corrected chi connectivity index (χ2v) is 6.15. The Morgan fingerprint density at radius 2 is 1.89 bits per heavy atom. The molecule has 0 radical (unpaired) electrons. The molecule has 1 aromatic rings. The molecule has 1 saturated carbocycles. The third kappa shape index (κ3) is 3.98. The van der Waals surface area contributed by atoms with Crippen molar-refractivity contribution in [3.05, 3.63) is 30.1 Å². The first-order valence-corrected chi connectivity index (χ1v) is 6.66. The number of nitrogens with zero attached hydrogens (tertiary/aromatic N) is 1. The molecule has 1 aliphatic rings. The minimum absolute atomic E-state index is 0.179. The molecule has 18 heavy (non-hydrogen) atoms. The fourth-order valence-electron chi connectivity index (χ4n) is 2.19. The maximum Gasteiger partial charge on any atom is 0.123 e. The zero-order valence-electron chi connectivity index (χ0n) is 11.5. The average molecular weight is 250 g/mol. The summed E-state index contributed by atoms with van der Waals surface area (Å²) in [6, 6.07) is 7.45. The van der Waals surface area contributed by atoms with E-state index in [1.807, 2.05) is 12.1 Å². The third-order valence-corrected chi connectivity index (χ3v) is 3.38. The van der Waals surface area contributed by atoms with Crippen LogP contribution in [0.15, 0.2) is 24.3 Å². The average Bonchev–Trinajstić information content (AvgIpc) is 3.10. The van der Waals surface area contributed by atoms with Gasteiger partial charge in [0.25, 0.3) is 0 Å². The smallest absolute Gasteiger partial charge is 0.123 e. The molecule has 0 heterocycles. The Morgan fingerprint density at radius 1 is 1.28 bits per heavy atom. The minimum Gasteiger partial charge on any atom is -0.374 e. The van der Waals surface area contributed by atoms with Crippen molar-refractivity contribution in [1.29, 1.82) is 0 Å². The van der Waals surface area contributed by atoms with Crippen molar-refractivity contribution in [3.63, 3.8) is 0 Å². The van der Waals surface area contributed by atoms with Gasteiger partial charge in [0.2, 0.25) is 0 Å². The molecule has 100 valence electrons. The molecule has 1 fully saturated rings.